The number of carboxylic acid groups (broad SMARTS) is 2. The summed E-state index contributed by atoms with van der Waals surface area (Å²) in [6.45, 7) is 8.47. The summed E-state index contributed by atoms with van der Waals surface area (Å²) < 4.78 is 23.8. The van der Waals surface area contributed by atoms with E-state index in [1.807, 2.05) is 36.4 Å². The Labute approximate surface area is 434 Å². The van der Waals surface area contributed by atoms with Crippen molar-refractivity contribution in [1.82, 2.24) is 0 Å². The third kappa shape index (κ3) is 40.6. The molecule has 0 saturated carbocycles. The van der Waals surface area contributed by atoms with Crippen LogP contribution in [0.15, 0.2) is 60.7 Å². The van der Waals surface area contributed by atoms with Gasteiger partial charge in [0, 0.05) is 38.6 Å². The van der Waals surface area contributed by atoms with Crippen LogP contribution in [-0.2, 0) is 51.3 Å². The van der Waals surface area contributed by atoms with Gasteiger partial charge in [0.25, 0.3) is 0 Å². The fraction of sp³-hybridized carbons (Fsp3) is 0.704. The van der Waals surface area contributed by atoms with Crippen molar-refractivity contribution < 1.29 is 48.3 Å². The maximum Gasteiger partial charge on any atom is 2.00 e. The van der Waals surface area contributed by atoms with Crippen LogP contribution in [0, 0.1) is 0 Å². The van der Waals surface area contributed by atoms with Gasteiger partial charge in [0.05, 0.1) is 25.4 Å². The standard InChI is InChI=1S/2C27H44O5.Ba/c2*1-3-4-5-6-7-14-19-26(32-23(2)28)21-25(18-13-8-9-15-20-27(29)30)31-22-24-16-11-10-12-17-24;/h2*10-12,16-17,25-26H,3-9,13-15,18-22H2,1-2H3,(H,29,30);/q;;+2/p-2. The Morgan fingerprint density at radius 1 is 0.431 bits per heavy atom. The van der Waals surface area contributed by atoms with Gasteiger partial charge in [-0.15, -0.1) is 0 Å². The second-order valence-electron chi connectivity index (χ2n) is 17.5. The number of carboxylic acids is 2. The van der Waals surface area contributed by atoms with E-state index >= 15 is 0 Å². The molecule has 0 spiro atoms. The minimum absolute atomic E-state index is 0. The van der Waals surface area contributed by atoms with Gasteiger partial charge < -0.3 is 38.7 Å². The fourth-order valence-corrected chi connectivity index (χ4v) is 7.92. The molecule has 0 amide bonds. The van der Waals surface area contributed by atoms with Crippen LogP contribution in [0.1, 0.15) is 219 Å². The van der Waals surface area contributed by atoms with Crippen molar-refractivity contribution in [2.75, 3.05) is 0 Å². The van der Waals surface area contributed by atoms with Gasteiger partial charge in [-0.3, -0.25) is 9.59 Å². The SMILES string of the molecule is CCCCCCCCC(CC(CCCCCCC(=O)[O-])OCc1ccccc1)OC(C)=O.CCCCCCCCC(CC(CCCCCCC(=O)[O-])OCc1ccccc1)OC(C)=O.[Ba+2]. The third-order valence-corrected chi connectivity index (χ3v) is 11.4. The van der Waals surface area contributed by atoms with E-state index in [4.69, 9.17) is 18.9 Å². The van der Waals surface area contributed by atoms with Crippen molar-refractivity contribution in [2.45, 2.75) is 245 Å². The first-order chi connectivity index (χ1) is 31.0. The zero-order valence-corrected chi connectivity index (χ0v) is 45.5. The van der Waals surface area contributed by atoms with Gasteiger partial charge >= 0.3 is 60.8 Å². The molecular formula is C54H86BaO10. The summed E-state index contributed by atoms with van der Waals surface area (Å²) >= 11 is 0. The van der Waals surface area contributed by atoms with E-state index in [2.05, 4.69) is 38.1 Å². The van der Waals surface area contributed by atoms with Crippen LogP contribution in [0.25, 0.3) is 0 Å². The van der Waals surface area contributed by atoms with Gasteiger partial charge in [-0.05, 0) is 75.3 Å². The maximum absolute atomic E-state index is 11.7. The van der Waals surface area contributed by atoms with Crippen molar-refractivity contribution in [2.24, 2.45) is 0 Å². The molecule has 0 saturated heterocycles. The monoisotopic (exact) mass is 1030 g/mol. The van der Waals surface area contributed by atoms with Crippen LogP contribution in [0.2, 0.25) is 0 Å². The average Bonchev–Trinajstić information content (AvgIpc) is 3.26. The molecule has 0 aliphatic rings. The van der Waals surface area contributed by atoms with Gasteiger partial charge in [-0.2, -0.15) is 0 Å². The molecule has 0 bridgehead atoms. The normalized spacial score (nSPS) is 12.7. The maximum atomic E-state index is 11.7. The molecule has 0 radical (unpaired) electrons. The smallest absolute Gasteiger partial charge is 0.550 e. The first-order valence-electron chi connectivity index (χ1n) is 25.1. The molecule has 0 aliphatic heterocycles. The van der Waals surface area contributed by atoms with E-state index in [1.54, 1.807) is 0 Å². The van der Waals surface area contributed by atoms with Crippen LogP contribution in [0.5, 0.6) is 0 Å². The van der Waals surface area contributed by atoms with E-state index in [9.17, 15) is 29.4 Å². The van der Waals surface area contributed by atoms with E-state index in [0.29, 0.717) is 38.9 Å². The molecule has 2 rings (SSSR count). The topological polar surface area (TPSA) is 151 Å². The summed E-state index contributed by atoms with van der Waals surface area (Å²) in [5, 5.41) is 21.1. The molecule has 11 heteroatoms. The number of esters is 2. The number of carbonyl (C=O) groups excluding carboxylic acids is 4. The predicted octanol–water partition coefficient (Wildman–Crippen LogP) is 11.1. The Morgan fingerprint density at radius 2 is 0.723 bits per heavy atom. The van der Waals surface area contributed by atoms with Gasteiger partial charge in [-0.1, -0.05) is 177 Å². The number of carbonyl (C=O) groups is 4. The van der Waals surface area contributed by atoms with Gasteiger partial charge in [0.1, 0.15) is 12.2 Å². The molecule has 0 aliphatic carbocycles. The molecular weight excluding hydrogens is 946 g/mol. The van der Waals surface area contributed by atoms with E-state index in [0.717, 1.165) is 88.2 Å². The van der Waals surface area contributed by atoms with E-state index in [1.165, 1.54) is 78.1 Å². The third-order valence-electron chi connectivity index (χ3n) is 11.4. The van der Waals surface area contributed by atoms with Crippen LogP contribution in [0.4, 0.5) is 0 Å². The average molecular weight is 1030 g/mol. The van der Waals surface area contributed by atoms with Crippen molar-refractivity contribution in [1.29, 1.82) is 0 Å². The quantitative estimate of drug-likeness (QED) is 0.0358. The van der Waals surface area contributed by atoms with E-state index in [-0.39, 0.29) is 98.1 Å². The van der Waals surface area contributed by atoms with Crippen LogP contribution >= 0.6 is 0 Å². The first-order valence-corrected chi connectivity index (χ1v) is 25.1. The predicted molar refractivity (Wildman–Crippen MR) is 258 cm³/mol. The Morgan fingerprint density at radius 3 is 1.03 bits per heavy atom. The zero-order chi connectivity index (χ0) is 46.9. The number of aliphatic carboxylic acids is 2. The molecule has 0 aromatic heterocycles. The Bertz CT molecular complexity index is 1320. The van der Waals surface area contributed by atoms with Crippen molar-refractivity contribution in [3.8, 4) is 0 Å². The Balaban J connectivity index is 0.00000124. The Hall–Kier alpha value is -2.19. The molecule has 0 heterocycles. The number of rotatable bonds is 40. The molecule has 65 heavy (non-hydrogen) atoms. The minimum atomic E-state index is -0.979. The summed E-state index contributed by atoms with van der Waals surface area (Å²) in [5.41, 5.74) is 2.26. The van der Waals surface area contributed by atoms with Crippen molar-refractivity contribution >= 4 is 72.8 Å². The van der Waals surface area contributed by atoms with Gasteiger partial charge in [0.15, 0.2) is 0 Å². The zero-order valence-electron chi connectivity index (χ0n) is 41.1. The van der Waals surface area contributed by atoms with Crippen LogP contribution in [0.3, 0.4) is 0 Å². The minimum Gasteiger partial charge on any atom is -0.550 e. The summed E-state index contributed by atoms with van der Waals surface area (Å²) in [4.78, 5) is 44.4. The molecule has 0 fully saturated rings. The summed E-state index contributed by atoms with van der Waals surface area (Å²) in [5.74, 6) is -2.42. The summed E-state index contributed by atoms with van der Waals surface area (Å²) in [7, 11) is 0. The molecule has 4 atom stereocenters. The number of hydrogen-bond acceptors (Lipinski definition) is 10. The molecule has 4 unspecified atom stereocenters. The van der Waals surface area contributed by atoms with Crippen LogP contribution in [-0.4, -0.2) is 97.2 Å². The largest absolute Gasteiger partial charge is 2.00 e. The number of benzene rings is 2. The molecule has 2 aromatic carbocycles. The van der Waals surface area contributed by atoms with E-state index < -0.39 is 11.9 Å². The van der Waals surface area contributed by atoms with Crippen molar-refractivity contribution in [3.05, 3.63) is 71.8 Å². The molecule has 2 aromatic rings. The van der Waals surface area contributed by atoms with Gasteiger partial charge in [0.2, 0.25) is 0 Å². The van der Waals surface area contributed by atoms with Gasteiger partial charge in [-0.25, -0.2) is 0 Å². The van der Waals surface area contributed by atoms with Crippen LogP contribution < -0.4 is 10.2 Å². The Kier molecular flexibility index (Phi) is 42.8. The second-order valence-corrected chi connectivity index (χ2v) is 17.5. The number of ether oxygens (including phenoxy) is 4. The second kappa shape index (κ2) is 44.3. The number of unbranched alkanes of at least 4 members (excludes halogenated alkanes) is 16. The summed E-state index contributed by atoms with van der Waals surface area (Å²) in [6.07, 6.45) is 26.5. The molecule has 0 N–H and O–H groups in total. The summed E-state index contributed by atoms with van der Waals surface area (Å²) in [6, 6.07) is 20.2. The number of hydrogen-bond donors (Lipinski definition) is 0. The first kappa shape index (κ1) is 62.8. The fourth-order valence-electron chi connectivity index (χ4n) is 7.92. The molecule has 364 valence electrons. The molecule has 10 nitrogen and oxygen atoms in total. The van der Waals surface area contributed by atoms with Crippen molar-refractivity contribution in [3.63, 3.8) is 0 Å².